The summed E-state index contributed by atoms with van der Waals surface area (Å²) in [6.45, 7) is 0.0443. The fourth-order valence-electron chi connectivity index (χ4n) is 12.2. The third-order valence-electron chi connectivity index (χ3n) is 14.9. The van der Waals surface area contributed by atoms with Gasteiger partial charge in [-0.05, 0) is 140 Å². The molecular formula is C61H47BN2. The summed E-state index contributed by atoms with van der Waals surface area (Å²) < 4.78 is 0. The van der Waals surface area contributed by atoms with Crippen molar-refractivity contribution in [2.75, 3.05) is 9.80 Å². The molecule has 2 aliphatic heterocycles. The molecule has 13 rings (SSSR count). The Balaban J connectivity index is 1.06. The van der Waals surface area contributed by atoms with Crippen molar-refractivity contribution in [1.29, 1.82) is 0 Å². The van der Waals surface area contributed by atoms with Gasteiger partial charge in [-0.1, -0.05) is 183 Å². The first kappa shape index (κ1) is 37.2. The molecule has 0 saturated heterocycles. The fourth-order valence-corrected chi connectivity index (χ4v) is 12.2. The van der Waals surface area contributed by atoms with Gasteiger partial charge in [0.1, 0.15) is 0 Å². The summed E-state index contributed by atoms with van der Waals surface area (Å²) in [6.07, 6.45) is 6.42. The fraction of sp³-hybridized carbons (Fsp3) is 0.115. The third kappa shape index (κ3) is 5.53. The van der Waals surface area contributed by atoms with Gasteiger partial charge in [0.15, 0.2) is 0 Å². The largest absolute Gasteiger partial charge is 0.311 e. The van der Waals surface area contributed by atoms with E-state index in [0.29, 0.717) is 5.92 Å². The number of nitrogens with zero attached hydrogens (tertiary/aromatic N) is 2. The predicted molar refractivity (Wildman–Crippen MR) is 269 cm³/mol. The van der Waals surface area contributed by atoms with Gasteiger partial charge in [0.05, 0.1) is 5.41 Å². The first-order valence-corrected chi connectivity index (χ1v) is 23.2. The molecule has 1 fully saturated rings. The molecule has 64 heavy (non-hydrogen) atoms. The molecule has 2 aliphatic carbocycles. The number of hydrogen-bond acceptors (Lipinski definition) is 2. The SMILES string of the molecule is c1ccc(N2c3ccccc3B3c4cc(-c5ccc6c(c5)C(c5ccccc5)(c5ccccc5)c5ccccc5-6)ccc4N(c4ccccc4)c4cc(C5CCCCC5)cc2c43)cc1. The zero-order chi connectivity index (χ0) is 42.2. The number of rotatable bonds is 6. The van der Waals surface area contributed by atoms with Gasteiger partial charge in [-0.2, -0.15) is 0 Å². The molecule has 9 aromatic carbocycles. The molecule has 3 heteroatoms. The van der Waals surface area contributed by atoms with Crippen LogP contribution in [0, 0.1) is 0 Å². The molecular weight excluding hydrogens is 771 g/mol. The Morgan fingerprint density at radius 1 is 0.391 bits per heavy atom. The Labute approximate surface area is 377 Å². The highest BCUT2D eigenvalue weighted by Gasteiger charge is 2.47. The van der Waals surface area contributed by atoms with Gasteiger partial charge < -0.3 is 9.80 Å². The maximum absolute atomic E-state index is 2.58. The number of para-hydroxylation sites is 3. The summed E-state index contributed by atoms with van der Waals surface area (Å²) in [7, 11) is 0. The third-order valence-corrected chi connectivity index (χ3v) is 14.9. The minimum Gasteiger partial charge on any atom is -0.311 e. The quantitative estimate of drug-likeness (QED) is 0.154. The van der Waals surface area contributed by atoms with Crippen LogP contribution < -0.4 is 26.2 Å². The summed E-state index contributed by atoms with van der Waals surface area (Å²) >= 11 is 0. The van der Waals surface area contributed by atoms with Crippen LogP contribution in [0.5, 0.6) is 0 Å². The van der Waals surface area contributed by atoms with Crippen LogP contribution in [0.2, 0.25) is 0 Å². The van der Waals surface area contributed by atoms with E-state index in [-0.39, 0.29) is 6.71 Å². The molecule has 0 radical (unpaired) electrons. The molecule has 0 spiro atoms. The van der Waals surface area contributed by atoms with Crippen LogP contribution in [-0.2, 0) is 5.41 Å². The average Bonchev–Trinajstić information content (AvgIpc) is 3.67. The van der Waals surface area contributed by atoms with Gasteiger partial charge in [-0.25, -0.2) is 0 Å². The zero-order valence-corrected chi connectivity index (χ0v) is 35.9. The topological polar surface area (TPSA) is 6.48 Å². The second-order valence-electron chi connectivity index (χ2n) is 18.2. The zero-order valence-electron chi connectivity index (χ0n) is 35.9. The van der Waals surface area contributed by atoms with E-state index in [1.165, 1.54) is 133 Å². The molecule has 4 aliphatic rings. The Kier molecular flexibility index (Phi) is 8.66. The molecule has 2 nitrogen and oxygen atoms in total. The Bertz CT molecular complexity index is 3150. The standard InChI is InChI=1S/C61H47BN2/c1-6-20-42(21-7-1)45-40-58-60-59(41-45)64(49-28-14-5-15-29-49)57-37-35-44(39-55(57)62(60)54-32-18-19-33-56(54)63(58)48-26-12-4-13-27-48)43-34-36-51-50-30-16-17-31-52(50)61(53(51)38-43,46-22-8-2-9-23-46)47-24-10-3-11-25-47/h2-5,8-19,22-42H,1,6-7,20-21H2. The lowest BCUT2D eigenvalue weighted by atomic mass is 9.33. The van der Waals surface area contributed by atoms with E-state index in [0.717, 1.165) is 0 Å². The summed E-state index contributed by atoms with van der Waals surface area (Å²) in [5, 5.41) is 0. The summed E-state index contributed by atoms with van der Waals surface area (Å²) in [5.41, 5.74) is 22.9. The first-order valence-electron chi connectivity index (χ1n) is 23.2. The van der Waals surface area contributed by atoms with Crippen molar-refractivity contribution in [3.63, 3.8) is 0 Å². The Morgan fingerprint density at radius 3 is 1.56 bits per heavy atom. The van der Waals surface area contributed by atoms with E-state index in [9.17, 15) is 0 Å². The van der Waals surface area contributed by atoms with Gasteiger partial charge in [0.2, 0.25) is 0 Å². The van der Waals surface area contributed by atoms with Crippen LogP contribution in [0.4, 0.5) is 34.1 Å². The highest BCUT2D eigenvalue weighted by Crippen LogP contribution is 2.57. The van der Waals surface area contributed by atoms with Crippen LogP contribution in [0.1, 0.15) is 65.8 Å². The average molecular weight is 819 g/mol. The smallest absolute Gasteiger partial charge is 0.252 e. The van der Waals surface area contributed by atoms with E-state index in [1.54, 1.807) is 0 Å². The highest BCUT2D eigenvalue weighted by atomic mass is 15.2. The number of benzene rings is 9. The highest BCUT2D eigenvalue weighted by molar-refractivity contribution is 7.00. The summed E-state index contributed by atoms with van der Waals surface area (Å²) in [4.78, 5) is 5.13. The van der Waals surface area contributed by atoms with Crippen LogP contribution in [0.25, 0.3) is 22.3 Å². The Morgan fingerprint density at radius 2 is 0.906 bits per heavy atom. The number of fused-ring (bicyclic) bond motifs is 7. The molecule has 9 aromatic rings. The van der Waals surface area contributed by atoms with Crippen LogP contribution in [-0.4, -0.2) is 6.71 Å². The lowest BCUT2D eigenvalue weighted by molar-refractivity contribution is 0.444. The minimum absolute atomic E-state index is 0.0443. The number of hydrogen-bond donors (Lipinski definition) is 0. The van der Waals surface area contributed by atoms with E-state index >= 15 is 0 Å². The van der Waals surface area contributed by atoms with Crippen molar-refractivity contribution < 1.29 is 0 Å². The van der Waals surface area contributed by atoms with E-state index in [4.69, 9.17) is 0 Å². The molecule has 2 heterocycles. The van der Waals surface area contributed by atoms with Crippen molar-refractivity contribution in [3.8, 4) is 22.3 Å². The maximum Gasteiger partial charge on any atom is 0.252 e. The second kappa shape index (κ2) is 14.9. The van der Waals surface area contributed by atoms with Crippen LogP contribution in [0.15, 0.2) is 218 Å². The maximum atomic E-state index is 2.58. The molecule has 0 unspecified atom stereocenters. The molecule has 1 saturated carbocycles. The normalized spacial score (nSPS) is 15.5. The van der Waals surface area contributed by atoms with Gasteiger partial charge in [0.25, 0.3) is 6.71 Å². The van der Waals surface area contributed by atoms with Gasteiger partial charge in [-0.3, -0.25) is 0 Å². The first-order chi connectivity index (χ1) is 31.8. The van der Waals surface area contributed by atoms with Gasteiger partial charge in [-0.15, -0.1) is 0 Å². The van der Waals surface area contributed by atoms with Crippen LogP contribution >= 0.6 is 0 Å². The lowest BCUT2D eigenvalue weighted by Gasteiger charge is -2.45. The molecule has 0 N–H and O–H groups in total. The van der Waals surface area contributed by atoms with Crippen molar-refractivity contribution >= 4 is 57.2 Å². The lowest BCUT2D eigenvalue weighted by Crippen LogP contribution is -2.61. The van der Waals surface area contributed by atoms with E-state index < -0.39 is 5.41 Å². The van der Waals surface area contributed by atoms with Gasteiger partial charge in [0, 0.05) is 34.1 Å². The summed E-state index contributed by atoms with van der Waals surface area (Å²) in [5.74, 6) is 0.551. The van der Waals surface area contributed by atoms with Crippen molar-refractivity contribution in [3.05, 3.63) is 246 Å². The van der Waals surface area contributed by atoms with Crippen molar-refractivity contribution in [2.45, 2.75) is 43.4 Å². The van der Waals surface area contributed by atoms with Crippen LogP contribution in [0.3, 0.4) is 0 Å². The molecule has 0 aromatic heterocycles. The van der Waals surface area contributed by atoms with Crippen molar-refractivity contribution in [2.24, 2.45) is 0 Å². The van der Waals surface area contributed by atoms with Crippen molar-refractivity contribution in [1.82, 2.24) is 0 Å². The summed E-state index contributed by atoms with van der Waals surface area (Å²) in [6, 6.07) is 82.4. The minimum atomic E-state index is -0.462. The molecule has 304 valence electrons. The van der Waals surface area contributed by atoms with E-state index in [2.05, 4.69) is 228 Å². The number of anilines is 6. The monoisotopic (exact) mass is 818 g/mol. The molecule has 0 atom stereocenters. The molecule has 0 amide bonds. The van der Waals surface area contributed by atoms with E-state index in [1.807, 2.05) is 0 Å². The van der Waals surface area contributed by atoms with Gasteiger partial charge >= 0.3 is 0 Å². The second-order valence-corrected chi connectivity index (χ2v) is 18.2. The predicted octanol–water partition coefficient (Wildman–Crippen LogP) is 13.8. The Hall–Kier alpha value is -7.36. The molecule has 0 bridgehead atoms.